The van der Waals surface area contributed by atoms with E-state index in [9.17, 15) is 4.79 Å². The average molecular weight is 297 g/mol. The fraction of sp³-hybridized carbons (Fsp3) is 0.941. The van der Waals surface area contributed by atoms with Gasteiger partial charge in [0, 0.05) is 25.7 Å². The molecule has 0 aromatic heterocycles. The van der Waals surface area contributed by atoms with E-state index in [1.807, 2.05) is 4.90 Å². The van der Waals surface area contributed by atoms with Gasteiger partial charge in [0.05, 0.1) is 6.54 Å². The molecule has 124 valence electrons. The largest absolute Gasteiger partial charge is 0.341 e. The van der Waals surface area contributed by atoms with Gasteiger partial charge in [0.2, 0.25) is 5.91 Å². The molecule has 2 atom stereocenters. The van der Waals surface area contributed by atoms with Gasteiger partial charge >= 0.3 is 0 Å². The zero-order chi connectivity index (χ0) is 16.0. The summed E-state index contributed by atoms with van der Waals surface area (Å²) in [6.07, 6.45) is 2.35. The first-order valence-electron chi connectivity index (χ1n) is 8.55. The van der Waals surface area contributed by atoms with Gasteiger partial charge in [-0.2, -0.15) is 0 Å². The Labute approximate surface area is 131 Å². The summed E-state index contributed by atoms with van der Waals surface area (Å²) in [5.41, 5.74) is 5.81. The lowest BCUT2D eigenvalue weighted by molar-refractivity contribution is -0.134. The summed E-state index contributed by atoms with van der Waals surface area (Å²) in [6.45, 7) is 14.9. The molecule has 1 aliphatic rings. The number of rotatable bonds is 7. The van der Waals surface area contributed by atoms with Crippen LogP contribution in [0.5, 0.6) is 0 Å². The quantitative estimate of drug-likeness (QED) is 0.783. The first-order valence-corrected chi connectivity index (χ1v) is 8.55. The monoisotopic (exact) mass is 297 g/mol. The van der Waals surface area contributed by atoms with E-state index in [4.69, 9.17) is 5.73 Å². The number of carbonyl (C=O) groups is 1. The lowest BCUT2D eigenvalue weighted by Crippen LogP contribution is -2.50. The van der Waals surface area contributed by atoms with Crippen molar-refractivity contribution in [3.8, 4) is 0 Å². The van der Waals surface area contributed by atoms with Crippen molar-refractivity contribution in [1.29, 1.82) is 0 Å². The van der Waals surface area contributed by atoms with E-state index in [-0.39, 0.29) is 5.91 Å². The SMILES string of the molecule is CC(C)CN(CC(C)C)C(=O)CN1CC(CN)CCC1C. The molecule has 1 saturated heterocycles. The Morgan fingerprint density at radius 2 is 1.76 bits per heavy atom. The van der Waals surface area contributed by atoms with E-state index in [1.54, 1.807) is 0 Å². The first-order chi connectivity index (χ1) is 9.83. The van der Waals surface area contributed by atoms with E-state index in [2.05, 4.69) is 39.5 Å². The van der Waals surface area contributed by atoms with Crippen LogP contribution in [-0.2, 0) is 4.79 Å². The number of nitrogens with zero attached hydrogens (tertiary/aromatic N) is 2. The summed E-state index contributed by atoms with van der Waals surface area (Å²) < 4.78 is 0. The number of hydrogen-bond acceptors (Lipinski definition) is 3. The number of amides is 1. The molecule has 0 aromatic carbocycles. The molecule has 1 fully saturated rings. The van der Waals surface area contributed by atoms with Crippen LogP contribution in [0.3, 0.4) is 0 Å². The Hall–Kier alpha value is -0.610. The Morgan fingerprint density at radius 1 is 1.19 bits per heavy atom. The second kappa shape index (κ2) is 8.74. The van der Waals surface area contributed by atoms with E-state index in [0.717, 1.165) is 32.6 Å². The standard InChI is InChI=1S/C17H35N3O/c1-13(2)9-20(10-14(3)4)17(21)12-19-11-16(8-18)7-6-15(19)5/h13-16H,6-12,18H2,1-5H3. The van der Waals surface area contributed by atoms with Gasteiger partial charge in [0.1, 0.15) is 0 Å². The van der Waals surface area contributed by atoms with Crippen LogP contribution in [0.15, 0.2) is 0 Å². The van der Waals surface area contributed by atoms with Gasteiger partial charge in [-0.1, -0.05) is 27.7 Å². The number of likely N-dealkylation sites (tertiary alicyclic amines) is 1. The maximum atomic E-state index is 12.7. The van der Waals surface area contributed by atoms with Crippen molar-refractivity contribution < 1.29 is 4.79 Å². The van der Waals surface area contributed by atoms with Gasteiger partial charge in [-0.3, -0.25) is 9.69 Å². The van der Waals surface area contributed by atoms with Gasteiger partial charge in [0.25, 0.3) is 0 Å². The minimum Gasteiger partial charge on any atom is -0.341 e. The van der Waals surface area contributed by atoms with Crippen molar-refractivity contribution >= 4 is 5.91 Å². The van der Waals surface area contributed by atoms with Crippen molar-refractivity contribution in [3.63, 3.8) is 0 Å². The Kier molecular flexibility index (Phi) is 7.67. The van der Waals surface area contributed by atoms with Gasteiger partial charge in [-0.05, 0) is 44.1 Å². The number of nitrogens with two attached hydrogens (primary N) is 1. The van der Waals surface area contributed by atoms with Gasteiger partial charge in [0.15, 0.2) is 0 Å². The minimum absolute atomic E-state index is 0.280. The number of hydrogen-bond donors (Lipinski definition) is 1. The lowest BCUT2D eigenvalue weighted by atomic mass is 9.93. The van der Waals surface area contributed by atoms with Gasteiger partial charge in [-0.15, -0.1) is 0 Å². The summed E-state index contributed by atoms with van der Waals surface area (Å²) in [5.74, 6) is 1.87. The molecule has 0 radical (unpaired) electrons. The summed E-state index contributed by atoms with van der Waals surface area (Å²) in [7, 11) is 0. The van der Waals surface area contributed by atoms with Crippen LogP contribution in [-0.4, -0.2) is 54.5 Å². The molecule has 0 bridgehead atoms. The van der Waals surface area contributed by atoms with Crippen LogP contribution in [0.2, 0.25) is 0 Å². The van der Waals surface area contributed by atoms with Crippen LogP contribution >= 0.6 is 0 Å². The van der Waals surface area contributed by atoms with Crippen LogP contribution < -0.4 is 5.73 Å². The highest BCUT2D eigenvalue weighted by molar-refractivity contribution is 5.78. The van der Waals surface area contributed by atoms with Crippen molar-refractivity contribution in [2.45, 2.75) is 53.5 Å². The Bertz CT molecular complexity index is 307. The van der Waals surface area contributed by atoms with E-state index in [1.165, 1.54) is 6.42 Å². The molecule has 1 heterocycles. The Balaban J connectivity index is 2.61. The van der Waals surface area contributed by atoms with E-state index in [0.29, 0.717) is 30.3 Å². The number of piperidine rings is 1. The lowest BCUT2D eigenvalue weighted by Gasteiger charge is -2.38. The molecule has 2 unspecified atom stereocenters. The van der Waals surface area contributed by atoms with E-state index < -0.39 is 0 Å². The molecule has 1 aliphatic heterocycles. The summed E-state index contributed by atoms with van der Waals surface area (Å²) >= 11 is 0. The third-order valence-corrected chi connectivity index (χ3v) is 4.30. The minimum atomic E-state index is 0.280. The molecule has 21 heavy (non-hydrogen) atoms. The zero-order valence-electron chi connectivity index (χ0n) is 14.6. The van der Waals surface area contributed by atoms with Crippen molar-refractivity contribution in [2.24, 2.45) is 23.5 Å². The highest BCUT2D eigenvalue weighted by Gasteiger charge is 2.27. The van der Waals surface area contributed by atoms with Gasteiger partial charge < -0.3 is 10.6 Å². The molecule has 0 aromatic rings. The molecule has 0 aliphatic carbocycles. The van der Waals surface area contributed by atoms with Crippen LogP contribution in [0.1, 0.15) is 47.5 Å². The van der Waals surface area contributed by atoms with E-state index >= 15 is 0 Å². The third kappa shape index (κ3) is 6.35. The predicted molar refractivity (Wildman–Crippen MR) is 89.1 cm³/mol. The normalized spacial score (nSPS) is 23.8. The highest BCUT2D eigenvalue weighted by Crippen LogP contribution is 2.21. The molecule has 4 heteroatoms. The maximum absolute atomic E-state index is 12.7. The fourth-order valence-electron chi connectivity index (χ4n) is 3.11. The smallest absolute Gasteiger partial charge is 0.236 e. The van der Waals surface area contributed by atoms with Crippen LogP contribution in [0, 0.1) is 17.8 Å². The summed E-state index contributed by atoms with van der Waals surface area (Å²) in [6, 6.07) is 0.497. The number of carbonyl (C=O) groups excluding carboxylic acids is 1. The van der Waals surface area contributed by atoms with Crippen molar-refractivity contribution in [1.82, 2.24) is 9.80 Å². The topological polar surface area (TPSA) is 49.6 Å². The second-order valence-electron chi connectivity index (χ2n) is 7.54. The van der Waals surface area contributed by atoms with Gasteiger partial charge in [-0.25, -0.2) is 0 Å². The first kappa shape index (κ1) is 18.4. The molecule has 0 saturated carbocycles. The Morgan fingerprint density at radius 3 is 2.24 bits per heavy atom. The van der Waals surface area contributed by atoms with Crippen molar-refractivity contribution in [3.05, 3.63) is 0 Å². The molecule has 1 rings (SSSR count). The van der Waals surface area contributed by atoms with Crippen LogP contribution in [0.4, 0.5) is 0 Å². The zero-order valence-corrected chi connectivity index (χ0v) is 14.6. The fourth-order valence-corrected chi connectivity index (χ4v) is 3.11. The third-order valence-electron chi connectivity index (χ3n) is 4.30. The second-order valence-corrected chi connectivity index (χ2v) is 7.54. The maximum Gasteiger partial charge on any atom is 0.236 e. The highest BCUT2D eigenvalue weighted by atomic mass is 16.2. The molecule has 1 amide bonds. The molecule has 2 N–H and O–H groups in total. The van der Waals surface area contributed by atoms with Crippen molar-refractivity contribution in [2.75, 3.05) is 32.7 Å². The predicted octanol–water partition coefficient (Wildman–Crippen LogP) is 2.19. The van der Waals surface area contributed by atoms with Crippen LogP contribution in [0.25, 0.3) is 0 Å². The summed E-state index contributed by atoms with van der Waals surface area (Å²) in [4.78, 5) is 17.1. The molecule has 0 spiro atoms. The average Bonchev–Trinajstić information content (AvgIpc) is 2.39. The molecule has 4 nitrogen and oxygen atoms in total. The molecular formula is C17H35N3O. The summed E-state index contributed by atoms with van der Waals surface area (Å²) in [5, 5.41) is 0. The molecular weight excluding hydrogens is 262 g/mol.